The molecule has 4 aromatic rings. The van der Waals surface area contributed by atoms with Crippen LogP contribution in [0.15, 0.2) is 97.1 Å². The quantitative estimate of drug-likeness (QED) is 0.0159. The number of thioether (sulfide) groups is 2. The van der Waals surface area contributed by atoms with E-state index in [4.69, 9.17) is 80.9 Å². The second-order valence-corrected chi connectivity index (χ2v) is 25.9. The minimum absolute atomic E-state index is 0.134. The smallest absolute Gasteiger partial charge is 0.122 e. The first-order valence-corrected chi connectivity index (χ1v) is 35.4. The molecule has 4 aliphatic heterocycles. The van der Waals surface area contributed by atoms with Gasteiger partial charge in [-0.2, -0.15) is 48.8 Å². The van der Waals surface area contributed by atoms with Gasteiger partial charge in [0.2, 0.25) is 0 Å². The number of thiol groups is 2. The summed E-state index contributed by atoms with van der Waals surface area (Å²) in [4.78, 5) is 0. The van der Waals surface area contributed by atoms with Gasteiger partial charge < -0.3 is 91.1 Å². The van der Waals surface area contributed by atoms with E-state index in [0.29, 0.717) is 142 Å². The summed E-state index contributed by atoms with van der Waals surface area (Å²) >= 11 is 11.4. The Bertz CT molecular complexity index is 2250. The molecule has 91 heavy (non-hydrogen) atoms. The van der Waals surface area contributed by atoms with Crippen molar-refractivity contribution in [3.63, 3.8) is 0 Å². The highest BCUT2D eigenvalue weighted by Gasteiger charge is 2.28. The maximum absolute atomic E-state index is 10.5. The van der Waals surface area contributed by atoms with Gasteiger partial charge in [-0.15, -0.1) is 0 Å². The van der Waals surface area contributed by atoms with Crippen LogP contribution in [0.3, 0.4) is 0 Å². The fraction of sp³-hybridized carbons (Fsp3) is 0.647. The number of hydrogen-bond donors (Lipinski definition) is 5. The van der Waals surface area contributed by atoms with Crippen molar-refractivity contribution in [3.05, 3.63) is 119 Å². The van der Waals surface area contributed by atoms with Crippen LogP contribution in [0, 0.1) is 0 Å². The Morgan fingerprint density at radius 2 is 0.725 bits per heavy atom. The van der Waals surface area contributed by atoms with Crippen molar-refractivity contribution in [2.45, 2.75) is 88.2 Å². The van der Waals surface area contributed by atoms with Gasteiger partial charge >= 0.3 is 0 Å². The Kier molecular flexibility index (Phi) is 40.5. The van der Waals surface area contributed by atoms with Crippen LogP contribution in [0.1, 0.15) is 56.9 Å². The molecule has 0 bridgehead atoms. The van der Waals surface area contributed by atoms with E-state index < -0.39 is 18.3 Å². The van der Waals surface area contributed by atoms with Crippen molar-refractivity contribution in [2.24, 2.45) is 0 Å². The third-order valence-electron chi connectivity index (χ3n) is 14.0. The molecule has 514 valence electrons. The van der Waals surface area contributed by atoms with Gasteiger partial charge in [0.1, 0.15) is 79.9 Å². The summed E-state index contributed by atoms with van der Waals surface area (Å²) in [7, 11) is 0. The number of aliphatic hydroxyl groups is 3. The number of epoxide rings is 4. The molecular formula is C68H104O19S4. The van der Waals surface area contributed by atoms with Crippen molar-refractivity contribution in [3.8, 4) is 23.0 Å². The SMILES string of the molecule is C(COCC1CO1)OCC1CO1.CC(C)(c1ccc(OCC(O)COc2ccc(C(C)(C)c3ccc(OCC4CO4)cc3)cc2)cc1)c1ccc(OCC2CO2)cc1.CSCCOCCOCCSCC(O)COCCOCC(C)O.SCCOCCOCCS. The third-order valence-corrected chi connectivity index (χ3v) is 16.0. The summed E-state index contributed by atoms with van der Waals surface area (Å²) in [6.07, 6.45) is 1.55. The van der Waals surface area contributed by atoms with E-state index in [1.165, 1.54) is 22.3 Å². The summed E-state index contributed by atoms with van der Waals surface area (Å²) in [5.41, 5.74) is 4.33. The molecule has 6 unspecified atom stereocenters. The molecular weight excluding hydrogens is 1250 g/mol. The zero-order valence-electron chi connectivity index (χ0n) is 54.4. The van der Waals surface area contributed by atoms with Gasteiger partial charge in [0.25, 0.3) is 0 Å². The Morgan fingerprint density at radius 1 is 0.407 bits per heavy atom. The molecule has 19 nitrogen and oxygen atoms in total. The molecule has 0 aromatic heterocycles. The Morgan fingerprint density at radius 3 is 1.08 bits per heavy atom. The summed E-state index contributed by atoms with van der Waals surface area (Å²) in [6, 6.07) is 32.6. The fourth-order valence-electron chi connectivity index (χ4n) is 8.11. The lowest BCUT2D eigenvalue weighted by Crippen LogP contribution is -2.25. The lowest BCUT2D eigenvalue weighted by Gasteiger charge is -2.26. The van der Waals surface area contributed by atoms with Gasteiger partial charge in [0.15, 0.2) is 0 Å². The molecule has 6 atom stereocenters. The number of aliphatic hydroxyl groups excluding tert-OH is 3. The van der Waals surface area contributed by atoms with Crippen LogP contribution >= 0.6 is 48.8 Å². The lowest BCUT2D eigenvalue weighted by atomic mass is 9.78. The van der Waals surface area contributed by atoms with Crippen molar-refractivity contribution in [1.29, 1.82) is 0 Å². The standard InChI is InChI=1S/C39H44O7.C15H32O6S2.C8H14O4.C6H14O2S2/c1-38(2,29-9-17-34(18-10-29)43-23-36-25-45-36)27-5-13-32(14-6-27)41-21-31(40)22-42-33-15-7-28(8-16-33)39(3,4)30-11-19-35(20-12-30)44-24-37-26-46-37;1-14(16)11-20-5-6-21-12-15(17)13-23-10-8-19-4-3-18-7-9-22-2;1(9-3-7-5-11-7)2-10-4-8-6-12-8;9-5-3-7-1-2-8-4-6-10/h5-20,31,36-37,40H,21-26H2,1-4H3;14-17H,3-13H2,1-2H3;7-8H,1-6H2;9-10H,1-6H2. The topological polar surface area (TPSA) is 222 Å². The molecule has 3 N–H and O–H groups in total. The molecule has 4 aromatic carbocycles. The van der Waals surface area contributed by atoms with Crippen LogP contribution in [0.2, 0.25) is 0 Å². The minimum Gasteiger partial charge on any atom is -0.491 e. The van der Waals surface area contributed by atoms with E-state index in [1.807, 2.05) is 48.5 Å². The number of benzene rings is 4. The molecule has 0 amide bonds. The molecule has 4 aliphatic rings. The zero-order valence-corrected chi connectivity index (χ0v) is 57.8. The van der Waals surface area contributed by atoms with E-state index >= 15 is 0 Å². The normalized spacial score (nSPS) is 18.0. The van der Waals surface area contributed by atoms with Gasteiger partial charge in [0, 0.05) is 39.6 Å². The molecule has 0 radical (unpaired) electrons. The number of rotatable bonds is 48. The second-order valence-electron chi connectivity index (χ2n) is 22.8. The van der Waals surface area contributed by atoms with E-state index in [2.05, 4.69) is 108 Å². The van der Waals surface area contributed by atoms with E-state index in [9.17, 15) is 10.2 Å². The van der Waals surface area contributed by atoms with E-state index in [0.717, 1.165) is 67.5 Å². The molecule has 4 fully saturated rings. The molecule has 4 saturated heterocycles. The van der Waals surface area contributed by atoms with Crippen LogP contribution in [-0.4, -0.2) is 252 Å². The second kappa shape index (κ2) is 46.9. The fourth-order valence-corrected chi connectivity index (χ4v) is 9.43. The molecule has 0 aliphatic carbocycles. The summed E-state index contributed by atoms with van der Waals surface area (Å²) < 4.78 is 85.7. The zero-order chi connectivity index (χ0) is 65.2. The maximum atomic E-state index is 10.5. The summed E-state index contributed by atoms with van der Waals surface area (Å²) in [6.45, 7) is 24.8. The molecule has 4 heterocycles. The Hall–Kier alpha value is -3.12. The first kappa shape index (κ1) is 78.6. The van der Waals surface area contributed by atoms with Crippen LogP contribution < -0.4 is 18.9 Å². The van der Waals surface area contributed by atoms with Crippen molar-refractivity contribution >= 4 is 48.8 Å². The average molecular weight is 1350 g/mol. The van der Waals surface area contributed by atoms with Crippen molar-refractivity contribution < 1.29 is 91.1 Å². The van der Waals surface area contributed by atoms with Crippen LogP contribution in [0.4, 0.5) is 0 Å². The van der Waals surface area contributed by atoms with Gasteiger partial charge in [-0.25, -0.2) is 0 Å². The lowest BCUT2D eigenvalue weighted by molar-refractivity contribution is -0.00928. The van der Waals surface area contributed by atoms with Gasteiger partial charge in [0.05, 0.1) is 144 Å². The Labute approximate surface area is 560 Å². The number of ether oxygens (including phenoxy) is 16. The summed E-state index contributed by atoms with van der Waals surface area (Å²) in [5, 5.41) is 29.3. The largest absolute Gasteiger partial charge is 0.491 e. The van der Waals surface area contributed by atoms with Gasteiger partial charge in [-0.1, -0.05) is 76.2 Å². The van der Waals surface area contributed by atoms with Gasteiger partial charge in [-0.05, 0) is 84.0 Å². The van der Waals surface area contributed by atoms with E-state index in [1.54, 1.807) is 30.4 Å². The monoisotopic (exact) mass is 1350 g/mol. The number of hydrogen-bond acceptors (Lipinski definition) is 23. The van der Waals surface area contributed by atoms with E-state index in [-0.39, 0.29) is 36.3 Å². The molecule has 0 saturated carbocycles. The highest BCUT2D eigenvalue weighted by Crippen LogP contribution is 2.35. The first-order valence-electron chi connectivity index (χ1n) is 31.5. The highest BCUT2D eigenvalue weighted by molar-refractivity contribution is 7.99. The van der Waals surface area contributed by atoms with Gasteiger partial charge in [-0.3, -0.25) is 0 Å². The van der Waals surface area contributed by atoms with Crippen LogP contribution in [-0.2, 0) is 67.7 Å². The van der Waals surface area contributed by atoms with Crippen molar-refractivity contribution in [2.75, 3.05) is 194 Å². The Balaban J connectivity index is 0.000000274. The highest BCUT2D eigenvalue weighted by atomic mass is 32.2. The molecule has 23 heteroatoms. The summed E-state index contributed by atoms with van der Waals surface area (Å²) in [5.74, 6) is 7.14. The predicted octanol–water partition coefficient (Wildman–Crippen LogP) is 8.30. The maximum Gasteiger partial charge on any atom is 0.122 e. The predicted molar refractivity (Wildman–Crippen MR) is 365 cm³/mol. The van der Waals surface area contributed by atoms with Crippen LogP contribution in [0.5, 0.6) is 23.0 Å². The average Bonchev–Trinajstić information content (AvgIpc) is 1.88. The molecule has 0 spiro atoms. The van der Waals surface area contributed by atoms with Crippen LogP contribution in [0.25, 0.3) is 0 Å². The minimum atomic E-state index is -0.772. The van der Waals surface area contributed by atoms with Crippen molar-refractivity contribution in [1.82, 2.24) is 0 Å². The molecule has 8 rings (SSSR count). The first-order chi connectivity index (χ1) is 44.2. The third kappa shape index (κ3) is 37.1.